The molecule has 9 heteroatoms. The number of carbonyl (C=O) groups excluding carboxylic acids is 1. The van der Waals surface area contributed by atoms with Crippen LogP contribution in [-0.2, 0) is 9.53 Å². The lowest BCUT2D eigenvalue weighted by atomic mass is 9.81. The van der Waals surface area contributed by atoms with E-state index in [1.807, 2.05) is 14.0 Å². The minimum atomic E-state index is 0.0194. The highest BCUT2D eigenvalue weighted by atomic mass is 35.5. The van der Waals surface area contributed by atoms with E-state index < -0.39 is 0 Å². The average Bonchev–Trinajstić information content (AvgIpc) is 3.20. The summed E-state index contributed by atoms with van der Waals surface area (Å²) in [5.74, 6) is 1.22. The van der Waals surface area contributed by atoms with Gasteiger partial charge in [-0.3, -0.25) is 9.69 Å². The second kappa shape index (κ2) is 9.66. The first-order valence-corrected chi connectivity index (χ1v) is 11.5. The van der Waals surface area contributed by atoms with Crippen LogP contribution < -0.4 is 15.0 Å². The molecule has 1 aromatic rings. The van der Waals surface area contributed by atoms with Crippen molar-refractivity contribution in [2.24, 2.45) is 0 Å². The van der Waals surface area contributed by atoms with Crippen LogP contribution in [0.3, 0.4) is 0 Å². The van der Waals surface area contributed by atoms with Crippen LogP contribution in [0.4, 0.5) is 5.95 Å². The number of likely N-dealkylation sites (N-methyl/N-ethyl adjacent to an activating group) is 1. The van der Waals surface area contributed by atoms with Gasteiger partial charge in [-0.15, -0.1) is 0 Å². The SMILES string of the molecule is CCNC(=O)CN1[C@@H]2CCC[C@H]1C[C@H](N(C)c1nc(Cl)cc(O[C@H]3CCOC3)n1)C2. The minimum Gasteiger partial charge on any atom is -0.472 e. The van der Waals surface area contributed by atoms with Crippen LogP contribution in [0.15, 0.2) is 6.07 Å². The Labute approximate surface area is 183 Å². The van der Waals surface area contributed by atoms with Crippen molar-refractivity contribution in [3.63, 3.8) is 0 Å². The van der Waals surface area contributed by atoms with Crippen molar-refractivity contribution in [1.82, 2.24) is 20.2 Å². The molecule has 3 aliphatic heterocycles. The van der Waals surface area contributed by atoms with E-state index >= 15 is 0 Å². The Bertz CT molecular complexity index is 731. The number of hydrogen-bond acceptors (Lipinski definition) is 7. The normalized spacial score (nSPS) is 28.9. The number of fused-ring (bicyclic) bond motifs is 2. The molecule has 8 nitrogen and oxygen atoms in total. The van der Waals surface area contributed by atoms with Gasteiger partial charge in [0.1, 0.15) is 11.3 Å². The van der Waals surface area contributed by atoms with Crippen molar-refractivity contribution < 1.29 is 14.3 Å². The molecule has 0 radical (unpaired) electrons. The summed E-state index contributed by atoms with van der Waals surface area (Å²) in [4.78, 5) is 25.8. The molecular formula is C21H32ClN5O3. The van der Waals surface area contributed by atoms with Gasteiger partial charge in [0.05, 0.1) is 19.8 Å². The third kappa shape index (κ3) is 4.98. The number of hydrogen-bond donors (Lipinski definition) is 1. The van der Waals surface area contributed by atoms with Crippen LogP contribution >= 0.6 is 11.6 Å². The van der Waals surface area contributed by atoms with Crippen molar-refractivity contribution >= 4 is 23.5 Å². The Morgan fingerprint density at radius 3 is 2.77 bits per heavy atom. The first kappa shape index (κ1) is 21.6. The molecule has 3 fully saturated rings. The standard InChI is InChI=1S/C21H32ClN5O3/c1-3-23-19(28)12-27-14-5-4-6-15(27)10-16(9-14)26(2)21-24-18(22)11-20(25-21)30-17-7-8-29-13-17/h11,14-17H,3-10,12-13H2,1-2H3,(H,23,28)/t14-,15+,16-,17-/m0/s1. The van der Waals surface area contributed by atoms with E-state index in [-0.39, 0.29) is 12.0 Å². The maximum atomic E-state index is 12.2. The number of nitrogens with one attached hydrogen (secondary N) is 1. The minimum absolute atomic E-state index is 0.0194. The van der Waals surface area contributed by atoms with Gasteiger partial charge in [-0.25, -0.2) is 4.98 Å². The third-order valence-electron chi connectivity index (χ3n) is 6.50. The van der Waals surface area contributed by atoms with E-state index in [2.05, 4.69) is 25.1 Å². The van der Waals surface area contributed by atoms with Crippen molar-refractivity contribution in [2.75, 3.05) is 38.3 Å². The van der Waals surface area contributed by atoms with Crippen LogP contribution in [0.25, 0.3) is 0 Å². The molecule has 3 aliphatic rings. The topological polar surface area (TPSA) is 79.8 Å². The van der Waals surface area contributed by atoms with Gasteiger partial charge in [-0.2, -0.15) is 4.98 Å². The Morgan fingerprint density at radius 1 is 1.33 bits per heavy atom. The predicted molar refractivity (Wildman–Crippen MR) is 115 cm³/mol. The lowest BCUT2D eigenvalue weighted by molar-refractivity contribution is -0.125. The van der Waals surface area contributed by atoms with Crippen molar-refractivity contribution in [2.45, 2.75) is 69.7 Å². The van der Waals surface area contributed by atoms with Crippen molar-refractivity contribution in [3.05, 3.63) is 11.2 Å². The molecule has 166 valence electrons. The lowest BCUT2D eigenvalue weighted by Gasteiger charge is -2.50. The van der Waals surface area contributed by atoms with E-state index in [1.54, 1.807) is 6.07 Å². The van der Waals surface area contributed by atoms with Crippen molar-refractivity contribution in [3.8, 4) is 5.88 Å². The zero-order chi connectivity index (χ0) is 21.1. The number of nitrogens with zero attached hydrogens (tertiary/aromatic N) is 4. The number of piperidine rings is 2. The highest BCUT2D eigenvalue weighted by Crippen LogP contribution is 2.36. The van der Waals surface area contributed by atoms with E-state index in [1.165, 1.54) is 6.42 Å². The summed E-state index contributed by atoms with van der Waals surface area (Å²) in [5, 5.41) is 3.32. The molecule has 1 aromatic heterocycles. The smallest absolute Gasteiger partial charge is 0.234 e. The van der Waals surface area contributed by atoms with E-state index in [4.69, 9.17) is 21.1 Å². The first-order chi connectivity index (χ1) is 14.5. The molecule has 0 aliphatic carbocycles. The van der Waals surface area contributed by atoms with E-state index in [0.717, 1.165) is 32.1 Å². The van der Waals surface area contributed by atoms with Gasteiger partial charge >= 0.3 is 0 Å². The molecule has 0 spiro atoms. The van der Waals surface area contributed by atoms with Gasteiger partial charge < -0.3 is 19.7 Å². The monoisotopic (exact) mass is 437 g/mol. The number of aromatic nitrogens is 2. The molecule has 1 amide bonds. The van der Waals surface area contributed by atoms with Crippen LogP contribution in [-0.4, -0.2) is 78.4 Å². The van der Waals surface area contributed by atoms with Gasteiger partial charge in [0, 0.05) is 44.2 Å². The quantitative estimate of drug-likeness (QED) is 0.655. The summed E-state index contributed by atoms with van der Waals surface area (Å²) < 4.78 is 11.3. The summed E-state index contributed by atoms with van der Waals surface area (Å²) >= 11 is 6.28. The first-order valence-electron chi connectivity index (χ1n) is 11.1. The maximum Gasteiger partial charge on any atom is 0.234 e. The Kier molecular flexibility index (Phi) is 6.95. The van der Waals surface area contributed by atoms with Crippen LogP contribution in [0.2, 0.25) is 5.15 Å². The second-order valence-electron chi connectivity index (χ2n) is 8.53. The Hall–Kier alpha value is -1.64. The molecule has 4 heterocycles. The molecule has 4 atom stereocenters. The Balaban J connectivity index is 1.44. The number of carbonyl (C=O) groups is 1. The largest absolute Gasteiger partial charge is 0.472 e. The number of amides is 1. The van der Waals surface area contributed by atoms with E-state index in [9.17, 15) is 4.79 Å². The molecule has 1 N–H and O–H groups in total. The molecule has 0 aromatic carbocycles. The molecule has 3 saturated heterocycles. The number of ether oxygens (including phenoxy) is 2. The fraction of sp³-hybridized carbons (Fsp3) is 0.762. The molecular weight excluding hydrogens is 406 g/mol. The third-order valence-corrected chi connectivity index (χ3v) is 6.69. The van der Waals surface area contributed by atoms with Crippen molar-refractivity contribution in [1.29, 1.82) is 0 Å². The molecule has 0 saturated carbocycles. The summed E-state index contributed by atoms with van der Waals surface area (Å²) in [5.41, 5.74) is 0. The van der Waals surface area contributed by atoms with Gasteiger partial charge in [0.25, 0.3) is 0 Å². The molecule has 4 rings (SSSR count). The van der Waals surface area contributed by atoms with Crippen LogP contribution in [0.5, 0.6) is 5.88 Å². The maximum absolute atomic E-state index is 12.2. The zero-order valence-electron chi connectivity index (χ0n) is 17.8. The molecule has 2 bridgehead atoms. The van der Waals surface area contributed by atoms with Crippen LogP contribution in [0.1, 0.15) is 45.4 Å². The highest BCUT2D eigenvalue weighted by Gasteiger charge is 2.40. The summed E-state index contributed by atoms with van der Waals surface area (Å²) in [7, 11) is 2.04. The van der Waals surface area contributed by atoms with Gasteiger partial charge in [-0.05, 0) is 32.6 Å². The van der Waals surface area contributed by atoms with E-state index in [0.29, 0.717) is 61.4 Å². The Morgan fingerprint density at radius 2 is 2.10 bits per heavy atom. The van der Waals surface area contributed by atoms with Gasteiger partial charge in [0.2, 0.25) is 17.7 Å². The summed E-state index contributed by atoms with van der Waals surface area (Å²) in [6.07, 6.45) is 6.36. The summed E-state index contributed by atoms with van der Waals surface area (Å²) in [6, 6.07) is 2.81. The number of rotatable bonds is 7. The highest BCUT2D eigenvalue weighted by molar-refractivity contribution is 6.29. The van der Waals surface area contributed by atoms with Gasteiger partial charge in [0.15, 0.2) is 0 Å². The second-order valence-corrected chi connectivity index (χ2v) is 8.92. The molecule has 30 heavy (non-hydrogen) atoms. The number of halogens is 1. The van der Waals surface area contributed by atoms with Crippen LogP contribution in [0, 0.1) is 0 Å². The fourth-order valence-corrected chi connectivity index (χ4v) is 5.16. The zero-order valence-corrected chi connectivity index (χ0v) is 18.6. The average molecular weight is 438 g/mol. The predicted octanol–water partition coefficient (Wildman–Crippen LogP) is 2.26. The molecule has 0 unspecified atom stereocenters. The number of anilines is 1. The fourth-order valence-electron chi connectivity index (χ4n) is 4.99. The summed E-state index contributed by atoms with van der Waals surface area (Å²) in [6.45, 7) is 4.43. The van der Waals surface area contributed by atoms with Gasteiger partial charge in [-0.1, -0.05) is 18.0 Å². The lowest BCUT2D eigenvalue weighted by Crippen LogP contribution is -2.58.